The summed E-state index contributed by atoms with van der Waals surface area (Å²) < 4.78 is 4.93. The maximum atomic E-state index is 12.3. The minimum atomic E-state index is -0.549. The van der Waals surface area contributed by atoms with Crippen molar-refractivity contribution in [2.45, 2.75) is 12.5 Å². The molecule has 0 aromatic heterocycles. The van der Waals surface area contributed by atoms with Crippen molar-refractivity contribution in [3.63, 3.8) is 0 Å². The molecule has 1 saturated heterocycles. The first-order valence-corrected chi connectivity index (χ1v) is 6.35. The van der Waals surface area contributed by atoms with Crippen LogP contribution in [-0.4, -0.2) is 49.0 Å². The predicted octanol–water partition coefficient (Wildman–Crippen LogP) is 1.46. The van der Waals surface area contributed by atoms with Gasteiger partial charge in [-0.25, -0.2) is 0 Å². The lowest BCUT2D eigenvalue weighted by Crippen LogP contribution is -2.38. The van der Waals surface area contributed by atoms with Gasteiger partial charge in [0.15, 0.2) is 5.75 Å². The number of nitrogens with one attached hydrogen (secondary N) is 1. The quantitative estimate of drug-likeness (QED) is 0.671. The smallest absolute Gasteiger partial charge is 0.311 e. The largest absolute Gasteiger partial charge is 0.490 e. The Bertz CT molecular complexity index is 532. The van der Waals surface area contributed by atoms with Gasteiger partial charge in [0.2, 0.25) is 0 Å². The zero-order chi connectivity index (χ0) is 14.7. The van der Waals surface area contributed by atoms with Crippen molar-refractivity contribution in [2.75, 3.05) is 27.2 Å². The monoisotopic (exact) mass is 315 g/mol. The maximum Gasteiger partial charge on any atom is 0.311 e. The molecule has 8 heteroatoms. The molecular weight excluding hydrogens is 298 g/mol. The molecule has 0 bridgehead atoms. The van der Waals surface area contributed by atoms with E-state index in [2.05, 4.69) is 5.32 Å². The Labute approximate surface area is 128 Å². The first-order chi connectivity index (χ1) is 9.54. The number of carbonyl (C=O) groups is 1. The SMILES string of the molecule is COc1ccc(C(=O)N(C)C2CCNC2)cc1[N+](=O)[O-].Cl. The summed E-state index contributed by atoms with van der Waals surface area (Å²) in [6.07, 6.45) is 0.889. The Kier molecular flexibility index (Phi) is 5.92. The van der Waals surface area contributed by atoms with E-state index in [0.717, 1.165) is 19.5 Å². The highest BCUT2D eigenvalue weighted by Gasteiger charge is 2.26. The number of nitro benzene ring substituents is 1. The van der Waals surface area contributed by atoms with E-state index in [1.165, 1.54) is 19.2 Å². The number of methoxy groups -OCH3 is 1. The predicted molar refractivity (Wildman–Crippen MR) is 80.3 cm³/mol. The van der Waals surface area contributed by atoms with Crippen LogP contribution in [0.5, 0.6) is 5.75 Å². The van der Waals surface area contributed by atoms with Gasteiger partial charge in [0.25, 0.3) is 5.91 Å². The summed E-state index contributed by atoms with van der Waals surface area (Å²) in [7, 11) is 3.08. The molecule has 1 fully saturated rings. The minimum Gasteiger partial charge on any atom is -0.490 e. The second-order valence-corrected chi connectivity index (χ2v) is 4.71. The van der Waals surface area contributed by atoms with Gasteiger partial charge in [0, 0.05) is 31.3 Å². The number of halogens is 1. The molecule has 2 rings (SSSR count). The van der Waals surface area contributed by atoms with Crippen LogP contribution >= 0.6 is 12.4 Å². The number of rotatable bonds is 4. The molecule has 1 aromatic rings. The summed E-state index contributed by atoms with van der Waals surface area (Å²) in [5.41, 5.74) is 0.100. The van der Waals surface area contributed by atoms with Gasteiger partial charge in [-0.3, -0.25) is 14.9 Å². The Morgan fingerprint density at radius 2 is 2.24 bits per heavy atom. The Hall–Kier alpha value is -1.86. The molecule has 0 saturated carbocycles. The van der Waals surface area contributed by atoms with Crippen molar-refractivity contribution in [1.82, 2.24) is 10.2 Å². The van der Waals surface area contributed by atoms with E-state index < -0.39 is 4.92 Å². The molecule has 0 aliphatic carbocycles. The molecular formula is C13H18ClN3O4. The topological polar surface area (TPSA) is 84.7 Å². The average molecular weight is 316 g/mol. The van der Waals surface area contributed by atoms with Crippen LogP contribution in [-0.2, 0) is 0 Å². The zero-order valence-corrected chi connectivity index (χ0v) is 12.7. The second kappa shape index (κ2) is 7.24. The van der Waals surface area contributed by atoms with Crippen molar-refractivity contribution in [3.8, 4) is 5.75 Å². The summed E-state index contributed by atoms with van der Waals surface area (Å²) >= 11 is 0. The van der Waals surface area contributed by atoms with Crippen LogP contribution in [0.1, 0.15) is 16.8 Å². The van der Waals surface area contributed by atoms with E-state index in [1.54, 1.807) is 18.0 Å². The van der Waals surface area contributed by atoms with Crippen LogP contribution in [0.3, 0.4) is 0 Å². The van der Waals surface area contributed by atoms with Gasteiger partial charge in [-0.15, -0.1) is 12.4 Å². The molecule has 0 spiro atoms. The number of hydrogen-bond donors (Lipinski definition) is 1. The molecule has 1 heterocycles. The molecule has 1 aliphatic rings. The number of hydrogen-bond acceptors (Lipinski definition) is 5. The third-order valence-electron chi connectivity index (χ3n) is 3.52. The van der Waals surface area contributed by atoms with Crippen molar-refractivity contribution >= 4 is 24.0 Å². The van der Waals surface area contributed by atoms with E-state index in [1.807, 2.05) is 0 Å². The van der Waals surface area contributed by atoms with E-state index in [-0.39, 0.29) is 35.8 Å². The van der Waals surface area contributed by atoms with Gasteiger partial charge in [-0.1, -0.05) is 0 Å². The summed E-state index contributed by atoms with van der Waals surface area (Å²) in [4.78, 5) is 24.4. The average Bonchev–Trinajstić information content (AvgIpc) is 2.99. The van der Waals surface area contributed by atoms with Gasteiger partial charge in [-0.05, 0) is 25.1 Å². The fraction of sp³-hybridized carbons (Fsp3) is 0.462. The number of nitro groups is 1. The molecule has 1 atom stereocenters. The van der Waals surface area contributed by atoms with Gasteiger partial charge in [0.1, 0.15) is 0 Å². The fourth-order valence-corrected chi connectivity index (χ4v) is 2.31. The molecule has 21 heavy (non-hydrogen) atoms. The van der Waals surface area contributed by atoms with Crippen LogP contribution < -0.4 is 10.1 Å². The van der Waals surface area contributed by atoms with E-state index in [4.69, 9.17) is 4.74 Å². The summed E-state index contributed by atoms with van der Waals surface area (Å²) in [6.45, 7) is 1.63. The van der Waals surface area contributed by atoms with E-state index in [0.29, 0.717) is 5.56 Å². The normalized spacial score (nSPS) is 17.0. The molecule has 1 N–H and O–H groups in total. The Morgan fingerprint density at radius 1 is 1.52 bits per heavy atom. The highest BCUT2D eigenvalue weighted by molar-refractivity contribution is 5.95. The van der Waals surface area contributed by atoms with Crippen LogP contribution in [0.15, 0.2) is 18.2 Å². The van der Waals surface area contributed by atoms with Gasteiger partial charge in [0.05, 0.1) is 12.0 Å². The molecule has 1 amide bonds. The van der Waals surface area contributed by atoms with Gasteiger partial charge < -0.3 is 15.0 Å². The lowest BCUT2D eigenvalue weighted by Gasteiger charge is -2.23. The van der Waals surface area contributed by atoms with Crippen LogP contribution in [0.25, 0.3) is 0 Å². The lowest BCUT2D eigenvalue weighted by atomic mass is 10.1. The summed E-state index contributed by atoms with van der Waals surface area (Å²) in [5.74, 6) is -0.0683. The molecule has 1 aromatic carbocycles. The lowest BCUT2D eigenvalue weighted by molar-refractivity contribution is -0.385. The number of benzene rings is 1. The second-order valence-electron chi connectivity index (χ2n) is 4.71. The standard InChI is InChI=1S/C13H17N3O4.ClH/c1-15(10-5-6-14-8-10)13(17)9-3-4-12(20-2)11(7-9)16(18)19;/h3-4,7,10,14H,5-6,8H2,1-2H3;1H. The van der Waals surface area contributed by atoms with Crippen molar-refractivity contribution < 1.29 is 14.5 Å². The number of amides is 1. The van der Waals surface area contributed by atoms with Crippen molar-refractivity contribution in [2.24, 2.45) is 0 Å². The summed E-state index contributed by atoms with van der Waals surface area (Å²) in [6, 6.07) is 4.39. The zero-order valence-electron chi connectivity index (χ0n) is 11.9. The number of carbonyl (C=O) groups excluding carboxylic acids is 1. The molecule has 0 radical (unpaired) electrons. The fourth-order valence-electron chi connectivity index (χ4n) is 2.31. The third kappa shape index (κ3) is 3.62. The number of nitrogens with zero attached hydrogens (tertiary/aromatic N) is 2. The van der Waals surface area contributed by atoms with E-state index >= 15 is 0 Å². The Morgan fingerprint density at radius 3 is 2.76 bits per heavy atom. The minimum absolute atomic E-state index is 0. The van der Waals surface area contributed by atoms with Crippen LogP contribution in [0, 0.1) is 10.1 Å². The molecule has 1 aliphatic heterocycles. The first kappa shape index (κ1) is 17.2. The van der Waals surface area contributed by atoms with Crippen molar-refractivity contribution in [3.05, 3.63) is 33.9 Å². The third-order valence-corrected chi connectivity index (χ3v) is 3.52. The van der Waals surface area contributed by atoms with Gasteiger partial charge in [-0.2, -0.15) is 0 Å². The molecule has 7 nitrogen and oxygen atoms in total. The first-order valence-electron chi connectivity index (χ1n) is 6.35. The Balaban J connectivity index is 0.00000220. The van der Waals surface area contributed by atoms with E-state index in [9.17, 15) is 14.9 Å². The van der Waals surface area contributed by atoms with Gasteiger partial charge >= 0.3 is 5.69 Å². The van der Waals surface area contributed by atoms with Crippen LogP contribution in [0.4, 0.5) is 5.69 Å². The maximum absolute atomic E-state index is 12.3. The van der Waals surface area contributed by atoms with Crippen molar-refractivity contribution in [1.29, 1.82) is 0 Å². The van der Waals surface area contributed by atoms with Crippen LogP contribution in [0.2, 0.25) is 0 Å². The summed E-state index contributed by atoms with van der Waals surface area (Å²) in [5, 5.41) is 14.2. The molecule has 116 valence electrons. The highest BCUT2D eigenvalue weighted by atomic mass is 35.5. The highest BCUT2D eigenvalue weighted by Crippen LogP contribution is 2.28. The number of likely N-dealkylation sites (N-methyl/N-ethyl adjacent to an activating group) is 1. The molecule has 1 unspecified atom stereocenters. The number of ether oxygens (including phenoxy) is 1.